The van der Waals surface area contributed by atoms with Crippen LogP contribution in [0.15, 0.2) is 36.5 Å². The summed E-state index contributed by atoms with van der Waals surface area (Å²) in [5.41, 5.74) is 3.53. The summed E-state index contributed by atoms with van der Waals surface area (Å²) in [5.74, 6) is -2.51. The molecule has 0 saturated carbocycles. The van der Waals surface area contributed by atoms with Gasteiger partial charge in [-0.05, 0) is 31.0 Å². The van der Waals surface area contributed by atoms with E-state index in [2.05, 4.69) is 40.7 Å². The van der Waals surface area contributed by atoms with Crippen LogP contribution in [0, 0.1) is 0 Å². The number of carboxylic acid groups (broad SMARTS) is 2. The lowest BCUT2D eigenvalue weighted by Crippen LogP contribution is -2.31. The highest BCUT2D eigenvalue weighted by molar-refractivity contribution is 5.93. The molecule has 9 heteroatoms. The average molecular weight is 388 g/mol. The number of nitrogens with one attached hydrogen (secondary N) is 3. The Morgan fingerprint density at radius 2 is 1.96 bits per heavy atom. The third-order valence-corrected chi connectivity index (χ3v) is 4.31. The Balaban J connectivity index is 0.000000300. The van der Waals surface area contributed by atoms with E-state index >= 15 is 0 Å². The third kappa shape index (κ3) is 5.50. The Morgan fingerprint density at radius 1 is 1.29 bits per heavy atom. The summed E-state index contributed by atoms with van der Waals surface area (Å²) >= 11 is 0. The van der Waals surface area contributed by atoms with E-state index in [1.54, 1.807) is 4.90 Å². The number of likely N-dealkylation sites (N-methyl/N-ethyl adjacent to an activating group) is 1. The first-order valence-electron chi connectivity index (χ1n) is 8.80. The van der Waals surface area contributed by atoms with Gasteiger partial charge in [0.15, 0.2) is 0 Å². The van der Waals surface area contributed by atoms with E-state index in [4.69, 9.17) is 10.2 Å². The minimum atomic E-state index is -1.26. The Labute approximate surface area is 162 Å². The van der Waals surface area contributed by atoms with E-state index < -0.39 is 11.9 Å². The zero-order chi connectivity index (χ0) is 20.7. The molecule has 1 atom stereocenters. The maximum absolute atomic E-state index is 11.5. The molecule has 2 amide bonds. The highest BCUT2D eigenvalue weighted by atomic mass is 16.4. The molecule has 2 aromatic rings. The first kappa shape index (κ1) is 20.8. The van der Waals surface area contributed by atoms with Gasteiger partial charge in [-0.2, -0.15) is 0 Å². The summed E-state index contributed by atoms with van der Waals surface area (Å²) in [4.78, 5) is 35.6. The predicted molar refractivity (Wildman–Crippen MR) is 106 cm³/mol. The van der Waals surface area contributed by atoms with Crippen molar-refractivity contribution >= 4 is 34.6 Å². The molecule has 2 heterocycles. The smallest absolute Gasteiger partial charge is 0.328 e. The number of aromatic nitrogens is 1. The zero-order valence-electron chi connectivity index (χ0n) is 15.7. The number of rotatable bonds is 6. The molecule has 1 unspecified atom stereocenters. The van der Waals surface area contributed by atoms with Gasteiger partial charge in [0.25, 0.3) is 0 Å². The van der Waals surface area contributed by atoms with Crippen molar-refractivity contribution in [2.24, 2.45) is 0 Å². The molecule has 28 heavy (non-hydrogen) atoms. The molecule has 9 nitrogen and oxygen atoms in total. The highest BCUT2D eigenvalue weighted by Gasteiger charge is 2.27. The molecule has 150 valence electrons. The van der Waals surface area contributed by atoms with Crippen LogP contribution in [0.1, 0.15) is 12.5 Å². The summed E-state index contributed by atoms with van der Waals surface area (Å²) in [6, 6.07) is 6.70. The number of nitrogens with zero attached hydrogens (tertiary/aromatic N) is 1. The molecule has 1 aromatic carbocycles. The number of carboxylic acids is 2. The Morgan fingerprint density at radius 3 is 2.50 bits per heavy atom. The standard InChI is InChI=1S/C15H20N4O.C4H4O4/c1-3-16-14-9-17-13-5-4-10(7-12(13)14)6-11-8-18-15(20)19(11)2;5-3(6)1-2-4(7)8/h4-5,7,9,11,16-17H,3,6,8H2,1-2H3,(H,18,20);1-2H,(H,5,6)(H,7,8). The molecule has 1 saturated heterocycles. The fourth-order valence-electron chi connectivity index (χ4n) is 2.89. The molecule has 1 aliphatic rings. The van der Waals surface area contributed by atoms with Crippen LogP contribution in [-0.4, -0.2) is 64.2 Å². The minimum absolute atomic E-state index is 0.0195. The van der Waals surface area contributed by atoms with Gasteiger partial charge in [-0.1, -0.05) is 6.07 Å². The monoisotopic (exact) mass is 388 g/mol. The van der Waals surface area contributed by atoms with Crippen LogP contribution in [0.4, 0.5) is 10.5 Å². The number of aromatic amines is 1. The maximum atomic E-state index is 11.5. The summed E-state index contributed by atoms with van der Waals surface area (Å²) in [6.45, 7) is 3.72. The van der Waals surface area contributed by atoms with Crippen molar-refractivity contribution in [1.82, 2.24) is 15.2 Å². The zero-order valence-corrected chi connectivity index (χ0v) is 15.7. The Kier molecular flexibility index (Phi) is 7.02. The van der Waals surface area contributed by atoms with Crippen molar-refractivity contribution in [2.75, 3.05) is 25.5 Å². The number of hydrogen-bond acceptors (Lipinski definition) is 4. The SMILES string of the molecule is CCNc1c[nH]c2ccc(CC3CNC(=O)N3C)cc12.O=C(O)C=CC(=O)O. The van der Waals surface area contributed by atoms with Gasteiger partial charge in [0.05, 0.1) is 11.7 Å². The molecule has 1 aliphatic heterocycles. The number of carbonyl (C=O) groups excluding carboxylic acids is 1. The summed E-state index contributed by atoms with van der Waals surface area (Å²) in [6.07, 6.45) is 4.00. The number of fused-ring (bicyclic) bond motifs is 1. The second-order valence-corrected chi connectivity index (χ2v) is 6.28. The van der Waals surface area contributed by atoms with Gasteiger partial charge in [-0.25, -0.2) is 14.4 Å². The van der Waals surface area contributed by atoms with E-state index in [9.17, 15) is 14.4 Å². The minimum Gasteiger partial charge on any atom is -0.478 e. The van der Waals surface area contributed by atoms with Gasteiger partial charge >= 0.3 is 18.0 Å². The van der Waals surface area contributed by atoms with Gasteiger partial charge < -0.3 is 30.7 Å². The largest absolute Gasteiger partial charge is 0.478 e. The van der Waals surface area contributed by atoms with Crippen LogP contribution in [0.25, 0.3) is 10.9 Å². The quantitative estimate of drug-likeness (QED) is 0.480. The van der Waals surface area contributed by atoms with Crippen molar-refractivity contribution in [3.63, 3.8) is 0 Å². The molecule has 5 N–H and O–H groups in total. The first-order chi connectivity index (χ1) is 13.3. The number of anilines is 1. The lowest BCUT2D eigenvalue weighted by molar-refractivity contribution is -0.134. The number of aliphatic carboxylic acids is 2. The third-order valence-electron chi connectivity index (χ3n) is 4.31. The van der Waals surface area contributed by atoms with Crippen LogP contribution in [0.5, 0.6) is 0 Å². The summed E-state index contributed by atoms with van der Waals surface area (Å²) < 4.78 is 0. The summed E-state index contributed by atoms with van der Waals surface area (Å²) in [7, 11) is 1.85. The topological polar surface area (TPSA) is 135 Å². The lowest BCUT2D eigenvalue weighted by atomic mass is 10.0. The molecule has 0 radical (unpaired) electrons. The second kappa shape index (κ2) is 9.45. The van der Waals surface area contributed by atoms with Crippen LogP contribution in [0.3, 0.4) is 0 Å². The van der Waals surface area contributed by atoms with E-state index in [1.165, 1.54) is 10.9 Å². The molecule has 0 spiro atoms. The van der Waals surface area contributed by atoms with Crippen LogP contribution >= 0.6 is 0 Å². The lowest BCUT2D eigenvalue weighted by Gasteiger charge is -2.17. The Hall–Kier alpha value is -3.49. The van der Waals surface area contributed by atoms with Crippen molar-refractivity contribution in [3.05, 3.63) is 42.1 Å². The van der Waals surface area contributed by atoms with Crippen LogP contribution in [0.2, 0.25) is 0 Å². The Bertz CT molecular complexity index is 874. The molecule has 3 rings (SSSR count). The fraction of sp³-hybridized carbons (Fsp3) is 0.316. The van der Waals surface area contributed by atoms with E-state index in [-0.39, 0.29) is 12.1 Å². The van der Waals surface area contributed by atoms with Crippen molar-refractivity contribution in [3.8, 4) is 0 Å². The van der Waals surface area contributed by atoms with Gasteiger partial charge in [-0.15, -0.1) is 0 Å². The number of H-pyrrole nitrogens is 1. The molecule has 1 aromatic heterocycles. The van der Waals surface area contributed by atoms with Crippen molar-refractivity contribution < 1.29 is 24.6 Å². The normalized spacial score (nSPS) is 16.0. The number of benzene rings is 1. The molecular weight excluding hydrogens is 364 g/mol. The van der Waals surface area contributed by atoms with Crippen molar-refractivity contribution in [2.45, 2.75) is 19.4 Å². The molecule has 0 bridgehead atoms. The number of hydrogen-bond donors (Lipinski definition) is 5. The average Bonchev–Trinajstić information content (AvgIpc) is 3.19. The van der Waals surface area contributed by atoms with Crippen LogP contribution in [-0.2, 0) is 16.0 Å². The highest BCUT2D eigenvalue weighted by Crippen LogP contribution is 2.25. The van der Waals surface area contributed by atoms with Gasteiger partial charge in [0.1, 0.15) is 0 Å². The summed E-state index contributed by atoms with van der Waals surface area (Å²) in [5, 5.41) is 23.1. The van der Waals surface area contributed by atoms with Gasteiger partial charge in [-0.3, -0.25) is 0 Å². The van der Waals surface area contributed by atoms with Gasteiger partial charge in [0.2, 0.25) is 0 Å². The predicted octanol–water partition coefficient (Wildman–Crippen LogP) is 1.88. The molecule has 0 aliphatic carbocycles. The fourth-order valence-corrected chi connectivity index (χ4v) is 2.89. The van der Waals surface area contributed by atoms with E-state index in [0.29, 0.717) is 12.2 Å². The van der Waals surface area contributed by atoms with E-state index in [1.807, 2.05) is 13.2 Å². The first-order valence-corrected chi connectivity index (χ1v) is 8.80. The van der Waals surface area contributed by atoms with E-state index in [0.717, 1.165) is 30.7 Å². The molecule has 1 fully saturated rings. The molecular formula is C19H24N4O5. The maximum Gasteiger partial charge on any atom is 0.328 e. The second-order valence-electron chi connectivity index (χ2n) is 6.28. The van der Waals surface area contributed by atoms with Crippen molar-refractivity contribution in [1.29, 1.82) is 0 Å². The van der Waals surface area contributed by atoms with Gasteiger partial charge in [0, 0.05) is 49.4 Å². The number of urea groups is 1. The van der Waals surface area contributed by atoms with Crippen LogP contribution < -0.4 is 10.6 Å². The number of carbonyl (C=O) groups is 3. The number of amides is 2.